The number of nitrogens with zero attached hydrogens (tertiary/aromatic N) is 1. The molecule has 1 aromatic carbocycles. The summed E-state index contributed by atoms with van der Waals surface area (Å²) >= 11 is 0. The third kappa shape index (κ3) is 2.65. The number of aromatic nitrogens is 1. The third-order valence-electron chi connectivity index (χ3n) is 5.90. The van der Waals surface area contributed by atoms with Crippen LogP contribution in [0.1, 0.15) is 60.3 Å². The Morgan fingerprint density at radius 1 is 1.32 bits per heavy atom. The van der Waals surface area contributed by atoms with Crippen molar-refractivity contribution in [2.24, 2.45) is 5.41 Å². The lowest BCUT2D eigenvalue weighted by atomic mass is 9.76. The zero-order valence-corrected chi connectivity index (χ0v) is 16.6. The fraction of sp³-hybridized carbons (Fsp3) is 0.455. The van der Waals surface area contributed by atoms with Crippen LogP contribution >= 0.6 is 0 Å². The summed E-state index contributed by atoms with van der Waals surface area (Å²) in [7, 11) is 0. The van der Waals surface area contributed by atoms with Gasteiger partial charge >= 0.3 is 5.97 Å². The van der Waals surface area contributed by atoms with Gasteiger partial charge in [-0.25, -0.2) is 9.18 Å². The number of pyridine rings is 1. The molecule has 2 aliphatic heterocycles. The Labute approximate surface area is 162 Å². The molecule has 1 aromatic heterocycles. The van der Waals surface area contributed by atoms with Gasteiger partial charge < -0.3 is 14.4 Å². The maximum absolute atomic E-state index is 15.3. The highest BCUT2D eigenvalue weighted by atomic mass is 19.1. The van der Waals surface area contributed by atoms with E-state index in [1.54, 1.807) is 4.57 Å². The molecular weight excluding hydrogens is 361 g/mol. The second-order valence-electron chi connectivity index (χ2n) is 8.81. The normalized spacial score (nSPS) is 18.0. The average molecular weight is 385 g/mol. The number of aryl methyl sites for hydroxylation is 1. The first-order chi connectivity index (χ1) is 13.1. The number of ether oxygens (including phenoxy) is 1. The molecule has 0 aliphatic carbocycles. The fourth-order valence-corrected chi connectivity index (χ4v) is 4.51. The van der Waals surface area contributed by atoms with Gasteiger partial charge in [0.2, 0.25) is 5.43 Å². The number of halogens is 1. The van der Waals surface area contributed by atoms with Gasteiger partial charge in [0, 0.05) is 17.8 Å². The Morgan fingerprint density at radius 2 is 2.04 bits per heavy atom. The van der Waals surface area contributed by atoms with Gasteiger partial charge in [-0.15, -0.1) is 0 Å². The van der Waals surface area contributed by atoms with Crippen LogP contribution in [-0.2, 0) is 12.8 Å². The molecule has 28 heavy (non-hydrogen) atoms. The number of aromatic carboxylic acids is 1. The number of carbonyl (C=O) groups is 1. The van der Waals surface area contributed by atoms with Crippen LogP contribution in [0.5, 0.6) is 5.75 Å². The summed E-state index contributed by atoms with van der Waals surface area (Å²) in [5.41, 5.74) is 2.02. The van der Waals surface area contributed by atoms with E-state index >= 15 is 4.39 Å². The molecule has 2 aromatic rings. The minimum absolute atomic E-state index is 0.183. The molecule has 0 saturated heterocycles. The first-order valence-electron chi connectivity index (χ1n) is 9.57. The maximum atomic E-state index is 15.3. The van der Waals surface area contributed by atoms with Crippen LogP contribution in [0.3, 0.4) is 0 Å². The van der Waals surface area contributed by atoms with E-state index < -0.39 is 22.8 Å². The van der Waals surface area contributed by atoms with Crippen molar-refractivity contribution in [1.82, 2.24) is 4.57 Å². The quantitative estimate of drug-likeness (QED) is 0.801. The molecule has 3 heterocycles. The highest BCUT2D eigenvalue weighted by Crippen LogP contribution is 2.47. The van der Waals surface area contributed by atoms with Crippen LogP contribution in [0.4, 0.5) is 4.39 Å². The number of carboxylic acid groups (broad SMARTS) is 1. The standard InChI is InChI=1S/C22H24FNO4/c1-11-8-14-13(12-6-5-7-28-20(11)12)9-16(22(2,3)4)24-10-15(21(26)27)19(25)17(23)18(14)24/h8,10,16H,5-7,9H2,1-4H3,(H,26,27)/t16-/m0/s1. The Bertz CT molecular complexity index is 1060. The molecule has 0 amide bonds. The molecular formula is C22H24FNO4. The van der Waals surface area contributed by atoms with Gasteiger partial charge in [0.1, 0.15) is 11.3 Å². The molecule has 1 atom stereocenters. The van der Waals surface area contributed by atoms with Gasteiger partial charge in [-0.05, 0) is 54.4 Å². The maximum Gasteiger partial charge on any atom is 0.341 e. The topological polar surface area (TPSA) is 68.5 Å². The molecule has 1 N–H and O–H groups in total. The van der Waals surface area contributed by atoms with Gasteiger partial charge in [-0.3, -0.25) is 4.79 Å². The summed E-state index contributed by atoms with van der Waals surface area (Å²) in [5.74, 6) is -1.53. The minimum Gasteiger partial charge on any atom is -0.493 e. The zero-order valence-electron chi connectivity index (χ0n) is 16.6. The summed E-state index contributed by atoms with van der Waals surface area (Å²) in [5, 5.41) is 9.38. The van der Waals surface area contributed by atoms with Crippen LogP contribution in [0.2, 0.25) is 0 Å². The van der Waals surface area contributed by atoms with Gasteiger partial charge in [0.05, 0.1) is 12.3 Å². The summed E-state index contributed by atoms with van der Waals surface area (Å²) in [6.45, 7) is 8.72. The predicted molar refractivity (Wildman–Crippen MR) is 104 cm³/mol. The number of benzene rings is 1. The molecule has 5 nitrogen and oxygen atoms in total. The van der Waals surface area contributed by atoms with Gasteiger partial charge in [0.15, 0.2) is 5.82 Å². The predicted octanol–water partition coefficient (Wildman–Crippen LogP) is 4.13. The van der Waals surface area contributed by atoms with E-state index in [0.717, 1.165) is 35.3 Å². The zero-order chi connectivity index (χ0) is 20.4. The van der Waals surface area contributed by atoms with Crippen molar-refractivity contribution in [2.75, 3.05) is 6.61 Å². The lowest BCUT2D eigenvalue weighted by Crippen LogP contribution is -2.35. The summed E-state index contributed by atoms with van der Waals surface area (Å²) in [6.07, 6.45) is 3.71. The average Bonchev–Trinajstić information content (AvgIpc) is 2.63. The monoisotopic (exact) mass is 385 g/mol. The molecule has 148 valence electrons. The summed E-state index contributed by atoms with van der Waals surface area (Å²) in [4.78, 5) is 23.9. The SMILES string of the molecule is Cc1cc2c(c3c1OCCC3)C[C@@H](C(C)(C)C)n1cc(C(=O)O)c(=O)c(F)c1-2. The van der Waals surface area contributed by atoms with E-state index in [0.29, 0.717) is 18.6 Å². The van der Waals surface area contributed by atoms with E-state index in [-0.39, 0.29) is 17.2 Å². The molecule has 6 heteroatoms. The van der Waals surface area contributed by atoms with Crippen molar-refractivity contribution >= 4 is 5.97 Å². The van der Waals surface area contributed by atoms with E-state index in [9.17, 15) is 14.7 Å². The van der Waals surface area contributed by atoms with Gasteiger partial charge in [-0.1, -0.05) is 20.8 Å². The van der Waals surface area contributed by atoms with Crippen molar-refractivity contribution in [1.29, 1.82) is 0 Å². The van der Waals surface area contributed by atoms with E-state index in [1.165, 1.54) is 6.20 Å². The first kappa shape index (κ1) is 18.7. The lowest BCUT2D eigenvalue weighted by molar-refractivity contribution is 0.0692. The number of hydrogen-bond donors (Lipinski definition) is 1. The summed E-state index contributed by atoms with van der Waals surface area (Å²) < 4.78 is 22.8. The van der Waals surface area contributed by atoms with Crippen LogP contribution in [0.15, 0.2) is 17.1 Å². The molecule has 4 rings (SSSR count). The van der Waals surface area contributed by atoms with E-state index in [2.05, 4.69) is 0 Å². The van der Waals surface area contributed by atoms with Gasteiger partial charge in [0.25, 0.3) is 0 Å². The number of hydrogen-bond acceptors (Lipinski definition) is 3. The molecule has 2 aliphatic rings. The van der Waals surface area contributed by atoms with E-state index in [1.807, 2.05) is 33.8 Å². The Hall–Kier alpha value is -2.63. The summed E-state index contributed by atoms with van der Waals surface area (Å²) in [6, 6.07) is 1.68. The minimum atomic E-state index is -1.41. The third-order valence-corrected chi connectivity index (χ3v) is 5.90. The Balaban J connectivity index is 2.11. The number of carboxylic acids is 1. The van der Waals surface area contributed by atoms with Crippen molar-refractivity contribution < 1.29 is 19.0 Å². The molecule has 0 unspecified atom stereocenters. The first-order valence-corrected chi connectivity index (χ1v) is 9.57. The Morgan fingerprint density at radius 3 is 2.68 bits per heavy atom. The van der Waals surface area contributed by atoms with Crippen molar-refractivity contribution in [2.45, 2.75) is 53.0 Å². The van der Waals surface area contributed by atoms with Crippen LogP contribution < -0.4 is 10.2 Å². The molecule has 0 bridgehead atoms. The number of fused-ring (bicyclic) bond motifs is 5. The van der Waals surface area contributed by atoms with Crippen molar-refractivity contribution in [3.05, 3.63) is 50.6 Å². The van der Waals surface area contributed by atoms with Crippen LogP contribution in [-0.4, -0.2) is 22.2 Å². The van der Waals surface area contributed by atoms with Gasteiger partial charge in [-0.2, -0.15) is 0 Å². The second-order valence-corrected chi connectivity index (χ2v) is 8.81. The fourth-order valence-electron chi connectivity index (χ4n) is 4.51. The molecule has 0 radical (unpaired) electrons. The highest BCUT2D eigenvalue weighted by molar-refractivity contribution is 5.88. The number of rotatable bonds is 1. The largest absolute Gasteiger partial charge is 0.493 e. The van der Waals surface area contributed by atoms with Crippen molar-refractivity contribution in [3.63, 3.8) is 0 Å². The molecule has 0 spiro atoms. The second kappa shape index (κ2) is 6.19. The van der Waals surface area contributed by atoms with Crippen LogP contribution in [0, 0.1) is 18.2 Å². The smallest absolute Gasteiger partial charge is 0.341 e. The highest BCUT2D eigenvalue weighted by Gasteiger charge is 2.38. The van der Waals surface area contributed by atoms with E-state index in [4.69, 9.17) is 4.74 Å². The lowest BCUT2D eigenvalue weighted by Gasteiger charge is -2.40. The molecule has 0 saturated carbocycles. The van der Waals surface area contributed by atoms with Crippen LogP contribution in [0.25, 0.3) is 11.3 Å². The van der Waals surface area contributed by atoms with Crippen molar-refractivity contribution in [3.8, 4) is 17.0 Å². The Kier molecular flexibility index (Phi) is 4.14. The molecule has 0 fully saturated rings.